The van der Waals surface area contributed by atoms with Gasteiger partial charge in [-0.1, -0.05) is 24.3 Å². The topological polar surface area (TPSA) is 90.0 Å². The van der Waals surface area contributed by atoms with Crippen molar-refractivity contribution in [3.05, 3.63) is 77.0 Å². The van der Waals surface area contributed by atoms with Crippen molar-refractivity contribution in [2.75, 3.05) is 18.5 Å². The molecule has 1 aliphatic rings. The quantitative estimate of drug-likeness (QED) is 0.467. The molecule has 1 aliphatic heterocycles. The van der Waals surface area contributed by atoms with Gasteiger partial charge < -0.3 is 15.2 Å². The van der Waals surface area contributed by atoms with E-state index in [0.717, 1.165) is 33.8 Å². The minimum Gasteiger partial charge on any atom is -0.394 e. The van der Waals surface area contributed by atoms with Crippen molar-refractivity contribution in [1.82, 2.24) is 24.5 Å². The monoisotopic (exact) mass is 448 g/mol. The molecule has 0 saturated carbocycles. The van der Waals surface area contributed by atoms with Crippen LogP contribution in [0.1, 0.15) is 28.7 Å². The fourth-order valence-corrected chi connectivity index (χ4v) is 4.11. The average Bonchev–Trinajstić information content (AvgIpc) is 3.39. The normalized spacial score (nSPS) is 15.5. The number of benzene rings is 2. The van der Waals surface area contributed by atoms with Crippen molar-refractivity contribution >= 4 is 11.6 Å². The molecule has 0 bridgehead atoms. The molecule has 4 aromatic rings. The zero-order chi connectivity index (χ0) is 22.9. The fourth-order valence-electron chi connectivity index (χ4n) is 4.11. The van der Waals surface area contributed by atoms with E-state index in [2.05, 4.69) is 20.6 Å². The van der Waals surface area contributed by atoms with Crippen LogP contribution in [0.2, 0.25) is 0 Å². The lowest BCUT2D eigenvalue weighted by Crippen LogP contribution is -2.25. The summed E-state index contributed by atoms with van der Waals surface area (Å²) in [6, 6.07) is 14.4. The first-order valence-electron chi connectivity index (χ1n) is 10.8. The number of ether oxygens (including phenoxy) is 1. The smallest absolute Gasteiger partial charge is 0.229 e. The number of aryl methyl sites for hydroxylation is 2. The van der Waals surface area contributed by atoms with Crippen LogP contribution < -0.4 is 5.32 Å². The maximum Gasteiger partial charge on any atom is 0.229 e. The first-order chi connectivity index (χ1) is 16.0. The fraction of sp³-hybridized carbons (Fsp3) is 0.292. The van der Waals surface area contributed by atoms with Gasteiger partial charge in [-0.05, 0) is 49.2 Å². The van der Waals surface area contributed by atoms with Gasteiger partial charge in [0, 0.05) is 16.9 Å². The summed E-state index contributed by atoms with van der Waals surface area (Å²) in [5.74, 6) is 1.04. The van der Waals surface area contributed by atoms with Crippen LogP contribution in [0.5, 0.6) is 0 Å². The summed E-state index contributed by atoms with van der Waals surface area (Å²) in [5.41, 5.74) is 5.65. The van der Waals surface area contributed by atoms with Crippen LogP contribution in [-0.4, -0.2) is 42.9 Å². The van der Waals surface area contributed by atoms with E-state index in [1.807, 2.05) is 42.7 Å². The highest BCUT2D eigenvalue weighted by molar-refractivity contribution is 5.70. The molecule has 170 valence electrons. The zero-order valence-electron chi connectivity index (χ0n) is 18.5. The molecule has 2 aromatic heterocycles. The third-order valence-electron chi connectivity index (χ3n) is 5.91. The van der Waals surface area contributed by atoms with Gasteiger partial charge in [0.25, 0.3) is 0 Å². The molecule has 0 saturated heterocycles. The van der Waals surface area contributed by atoms with Crippen molar-refractivity contribution in [2.24, 2.45) is 0 Å². The van der Waals surface area contributed by atoms with E-state index in [0.29, 0.717) is 31.5 Å². The molecule has 0 radical (unpaired) electrons. The zero-order valence-corrected chi connectivity index (χ0v) is 18.5. The highest BCUT2D eigenvalue weighted by Gasteiger charge is 2.27. The summed E-state index contributed by atoms with van der Waals surface area (Å²) in [6.45, 7) is 5.31. The predicted octanol–water partition coefficient (Wildman–Crippen LogP) is 3.75. The lowest BCUT2D eigenvalue weighted by Gasteiger charge is -2.27. The molecule has 0 spiro atoms. The van der Waals surface area contributed by atoms with Crippen molar-refractivity contribution in [3.8, 4) is 11.3 Å². The Morgan fingerprint density at radius 3 is 2.73 bits per heavy atom. The molecule has 1 atom stereocenters. The Bertz CT molecular complexity index is 1280. The standard InChI is InChI=1S/C24H25FN6O2/c1-15-3-4-18(21-11-16(2)30(29-21)9-10-32)12-20(15)26-24-28-27-23-14-33-13-22(31(23)24)17-5-7-19(25)8-6-17/h3-8,11-12,22,32H,9-10,13-14H2,1-2H3,(H,26,28). The van der Waals surface area contributed by atoms with Crippen molar-refractivity contribution < 1.29 is 14.2 Å². The molecule has 0 aliphatic carbocycles. The second-order valence-electron chi connectivity index (χ2n) is 8.16. The van der Waals surface area contributed by atoms with Gasteiger partial charge in [-0.25, -0.2) is 4.39 Å². The number of fused-ring (bicyclic) bond motifs is 1. The van der Waals surface area contributed by atoms with E-state index in [1.54, 1.807) is 16.8 Å². The summed E-state index contributed by atoms with van der Waals surface area (Å²) >= 11 is 0. The molecular weight excluding hydrogens is 423 g/mol. The SMILES string of the molecule is Cc1ccc(-c2cc(C)n(CCO)n2)cc1Nc1nnc2n1C(c1ccc(F)cc1)COC2. The maximum atomic E-state index is 13.5. The Morgan fingerprint density at radius 1 is 1.12 bits per heavy atom. The number of aliphatic hydroxyl groups is 1. The van der Waals surface area contributed by atoms with Gasteiger partial charge in [-0.2, -0.15) is 5.10 Å². The van der Waals surface area contributed by atoms with Crippen LogP contribution in [0.4, 0.5) is 16.0 Å². The molecule has 33 heavy (non-hydrogen) atoms. The molecule has 5 rings (SSSR count). The minimum atomic E-state index is -0.276. The van der Waals surface area contributed by atoms with Gasteiger partial charge in [0.1, 0.15) is 12.4 Å². The molecular formula is C24H25FN6O2. The van der Waals surface area contributed by atoms with Gasteiger partial charge in [0.15, 0.2) is 5.82 Å². The summed E-state index contributed by atoms with van der Waals surface area (Å²) in [6.07, 6.45) is 0. The summed E-state index contributed by atoms with van der Waals surface area (Å²) < 4.78 is 23.0. The third-order valence-corrected chi connectivity index (χ3v) is 5.91. The van der Waals surface area contributed by atoms with E-state index in [9.17, 15) is 9.50 Å². The highest BCUT2D eigenvalue weighted by atomic mass is 19.1. The van der Waals surface area contributed by atoms with E-state index in [1.165, 1.54) is 12.1 Å². The molecule has 1 unspecified atom stereocenters. The lowest BCUT2D eigenvalue weighted by molar-refractivity contribution is 0.0670. The summed E-state index contributed by atoms with van der Waals surface area (Å²) in [5, 5.41) is 26.0. The summed E-state index contributed by atoms with van der Waals surface area (Å²) in [4.78, 5) is 0. The van der Waals surface area contributed by atoms with Crippen molar-refractivity contribution in [3.63, 3.8) is 0 Å². The van der Waals surface area contributed by atoms with Gasteiger partial charge in [0.05, 0.1) is 31.5 Å². The molecule has 0 fully saturated rings. The Labute approximate surface area is 190 Å². The molecule has 9 heteroatoms. The Kier molecular flexibility index (Phi) is 5.65. The highest BCUT2D eigenvalue weighted by Crippen LogP contribution is 2.32. The molecule has 2 aromatic carbocycles. The number of anilines is 2. The number of rotatable bonds is 6. The molecule has 3 heterocycles. The van der Waals surface area contributed by atoms with Crippen LogP contribution in [0.15, 0.2) is 48.5 Å². The van der Waals surface area contributed by atoms with Crippen LogP contribution >= 0.6 is 0 Å². The van der Waals surface area contributed by atoms with Gasteiger partial charge in [-0.15, -0.1) is 10.2 Å². The third kappa shape index (κ3) is 4.12. The van der Waals surface area contributed by atoms with Crippen LogP contribution in [0.3, 0.4) is 0 Å². The largest absolute Gasteiger partial charge is 0.394 e. The number of aromatic nitrogens is 5. The summed E-state index contributed by atoms with van der Waals surface area (Å²) in [7, 11) is 0. The van der Waals surface area contributed by atoms with Gasteiger partial charge in [0.2, 0.25) is 5.95 Å². The van der Waals surface area contributed by atoms with E-state index in [4.69, 9.17) is 4.74 Å². The van der Waals surface area contributed by atoms with Crippen molar-refractivity contribution in [1.29, 1.82) is 0 Å². The second-order valence-corrected chi connectivity index (χ2v) is 8.16. The molecule has 2 N–H and O–H groups in total. The van der Waals surface area contributed by atoms with Gasteiger partial charge >= 0.3 is 0 Å². The van der Waals surface area contributed by atoms with Gasteiger partial charge in [-0.3, -0.25) is 9.25 Å². The van der Waals surface area contributed by atoms with Crippen molar-refractivity contribution in [2.45, 2.75) is 33.0 Å². The molecule has 0 amide bonds. The Hall–Kier alpha value is -3.56. The van der Waals surface area contributed by atoms with E-state index < -0.39 is 0 Å². The first kappa shape index (κ1) is 21.3. The Balaban J connectivity index is 1.48. The number of hydrogen-bond acceptors (Lipinski definition) is 6. The number of hydrogen-bond donors (Lipinski definition) is 2. The maximum absolute atomic E-state index is 13.5. The first-order valence-corrected chi connectivity index (χ1v) is 10.8. The number of nitrogens with zero attached hydrogens (tertiary/aromatic N) is 5. The van der Waals surface area contributed by atoms with Crippen LogP contribution in [-0.2, 0) is 17.9 Å². The molecule has 8 nitrogen and oxygen atoms in total. The number of halogens is 1. The number of aliphatic hydroxyl groups excluding tert-OH is 1. The minimum absolute atomic E-state index is 0.0413. The second kappa shape index (κ2) is 8.76. The average molecular weight is 449 g/mol. The van der Waals surface area contributed by atoms with E-state index in [-0.39, 0.29) is 18.5 Å². The van der Waals surface area contributed by atoms with Crippen LogP contribution in [0, 0.1) is 19.7 Å². The predicted molar refractivity (Wildman–Crippen MR) is 122 cm³/mol. The Morgan fingerprint density at radius 2 is 1.94 bits per heavy atom. The lowest BCUT2D eigenvalue weighted by atomic mass is 10.1. The van der Waals surface area contributed by atoms with E-state index >= 15 is 0 Å². The van der Waals surface area contributed by atoms with Crippen LogP contribution in [0.25, 0.3) is 11.3 Å². The number of nitrogens with one attached hydrogen (secondary N) is 1.